The number of nitrogens with zero attached hydrogens (tertiary/aromatic N) is 8. The minimum atomic E-state index is -1.94. The molecule has 2 aliphatic rings. The number of nitrogen functional groups attached to an aromatic ring is 2. The van der Waals surface area contributed by atoms with Crippen molar-refractivity contribution in [1.29, 1.82) is 10.5 Å². The number of nitrogens with two attached hydrogens (primary N) is 3. The Morgan fingerprint density at radius 3 is 1.66 bits per heavy atom. The van der Waals surface area contributed by atoms with Crippen molar-refractivity contribution >= 4 is 40.6 Å². The summed E-state index contributed by atoms with van der Waals surface area (Å²) in [4.78, 5) is 41.9. The molecule has 0 spiro atoms. The third kappa shape index (κ3) is 10.3. The van der Waals surface area contributed by atoms with E-state index in [-0.39, 0.29) is 47.9 Å². The monoisotopic (exact) mass is 897 g/mol. The van der Waals surface area contributed by atoms with Gasteiger partial charge in [0.1, 0.15) is 90.7 Å². The Morgan fingerprint density at radius 1 is 0.828 bits per heavy atom. The van der Waals surface area contributed by atoms with E-state index in [1.165, 1.54) is 33.8 Å². The maximum atomic E-state index is 12.0. The average Bonchev–Trinajstić information content (AvgIpc) is 3.99. The van der Waals surface area contributed by atoms with Crippen molar-refractivity contribution in [3.63, 3.8) is 0 Å². The van der Waals surface area contributed by atoms with Gasteiger partial charge in [0.15, 0.2) is 11.6 Å². The molecule has 0 amide bonds. The molecular formula is C40H55N11O13. The van der Waals surface area contributed by atoms with E-state index in [0.29, 0.717) is 11.0 Å². The van der Waals surface area contributed by atoms with E-state index in [1.807, 2.05) is 12.1 Å². The summed E-state index contributed by atoms with van der Waals surface area (Å²) in [6.07, 6.45) is -5.88. The fraction of sp³-hybridized carbons (Fsp3) is 0.575. The average molecular weight is 898 g/mol. The number of aliphatic hydroxyl groups is 5. The Balaban J connectivity index is 0.000000222. The molecule has 348 valence electrons. The Labute approximate surface area is 366 Å². The van der Waals surface area contributed by atoms with Crippen molar-refractivity contribution in [2.24, 2.45) is 23.5 Å². The van der Waals surface area contributed by atoms with E-state index in [9.17, 15) is 50.4 Å². The second kappa shape index (κ2) is 20.2. The van der Waals surface area contributed by atoms with Crippen LogP contribution >= 0.6 is 0 Å². The van der Waals surface area contributed by atoms with Gasteiger partial charge in [0.2, 0.25) is 11.2 Å². The summed E-state index contributed by atoms with van der Waals surface area (Å²) < 4.78 is 23.9. The van der Waals surface area contributed by atoms with Crippen LogP contribution in [0.4, 0.5) is 11.6 Å². The standard InChI is InChI=1S/C17H22N6O5.C12H13N5O4.C11H20O4/c1-8(2)12(19)16(26)27-5-10-13(24)14(25)17(6-18,28-10)11-4-3-9-15(20)21-7-22-23(9)11;13-4-12(10(20)9(19)7(3-18)21-12)8-2-1-6-11(14)15-5-16-17(6)8;1-7(2)8(10(13)14)6-9(12)15-11(3,4)5/h3-4,7-8,10,12-14,24-25H,5,19H2,1-2H3,(H2,20,21,22);1-2,5,7,9-10,18-20H,3H2,(H2,14,15,16);7-8H,6H2,1-5H3,(H,13,14)/t10-,12-,13-,14-,17+;7-,9-,10-,12+;/m11./s1. The van der Waals surface area contributed by atoms with Crippen molar-refractivity contribution in [2.75, 3.05) is 24.7 Å². The summed E-state index contributed by atoms with van der Waals surface area (Å²) in [7, 11) is 0. The molecule has 0 saturated carbocycles. The van der Waals surface area contributed by atoms with Crippen molar-refractivity contribution in [2.45, 2.75) is 114 Å². The number of aliphatic carboxylic acids is 1. The van der Waals surface area contributed by atoms with Crippen LogP contribution in [0.15, 0.2) is 36.9 Å². The van der Waals surface area contributed by atoms with Gasteiger partial charge in [-0.1, -0.05) is 27.7 Å². The van der Waals surface area contributed by atoms with Gasteiger partial charge in [0.05, 0.1) is 30.3 Å². The Kier molecular flexibility index (Phi) is 15.9. The molecule has 0 aliphatic carbocycles. The molecule has 2 fully saturated rings. The third-order valence-electron chi connectivity index (χ3n) is 10.5. The zero-order valence-electron chi connectivity index (χ0n) is 36.2. The zero-order chi connectivity index (χ0) is 48.1. The number of carbonyl (C=O) groups excluding carboxylic acids is 2. The molecule has 4 aromatic rings. The van der Waals surface area contributed by atoms with Gasteiger partial charge < -0.3 is 66.8 Å². The highest BCUT2D eigenvalue weighted by molar-refractivity contribution is 5.79. The van der Waals surface area contributed by atoms with E-state index >= 15 is 0 Å². The van der Waals surface area contributed by atoms with Crippen LogP contribution < -0.4 is 17.2 Å². The summed E-state index contributed by atoms with van der Waals surface area (Å²) in [6, 6.07) is 9.11. The summed E-state index contributed by atoms with van der Waals surface area (Å²) in [5.74, 6) is -2.56. The molecule has 4 aromatic heterocycles. The summed E-state index contributed by atoms with van der Waals surface area (Å²) in [6.45, 7) is 11.5. The number of carbonyl (C=O) groups is 3. The molecule has 12 N–H and O–H groups in total. The molecule has 6 heterocycles. The lowest BCUT2D eigenvalue weighted by atomic mass is 9.92. The molecule has 24 heteroatoms. The van der Waals surface area contributed by atoms with Crippen LogP contribution in [0.5, 0.6) is 0 Å². The number of ether oxygens (including phenoxy) is 4. The molecule has 2 aliphatic heterocycles. The van der Waals surface area contributed by atoms with Crippen LogP contribution in [0.2, 0.25) is 0 Å². The van der Waals surface area contributed by atoms with Gasteiger partial charge in [-0.15, -0.1) is 0 Å². The van der Waals surface area contributed by atoms with Crippen LogP contribution in [0.3, 0.4) is 0 Å². The molecule has 24 nitrogen and oxygen atoms in total. The molecule has 6 rings (SSSR count). The van der Waals surface area contributed by atoms with Crippen LogP contribution in [0.1, 0.15) is 66.3 Å². The molecule has 0 radical (unpaired) electrons. The SMILES string of the molecule is CC(C)C(CC(=O)OC(C)(C)C)C(=O)O.CC(C)[C@@H](N)C(=O)OC[C@H]1O[C@@](C#N)(c2ccc3c(N)ncnn23)[C@H](O)[C@@H]1O.N#C[C@@]1(c2ccc3c(N)ncnn23)O[C@H](CO)[C@@H](O)[C@H]1O. The number of carboxylic acids is 1. The second-order valence-corrected chi connectivity index (χ2v) is 16.8. The lowest BCUT2D eigenvalue weighted by Gasteiger charge is -2.24. The number of aliphatic hydroxyl groups excluding tert-OH is 5. The highest BCUT2D eigenvalue weighted by Crippen LogP contribution is 2.41. The lowest BCUT2D eigenvalue weighted by Crippen LogP contribution is -2.41. The molecule has 1 unspecified atom stereocenters. The number of nitriles is 2. The largest absolute Gasteiger partial charge is 0.481 e. The van der Waals surface area contributed by atoms with Crippen LogP contribution in [-0.2, 0) is 44.5 Å². The highest BCUT2D eigenvalue weighted by atomic mass is 16.6. The van der Waals surface area contributed by atoms with Crippen molar-refractivity contribution < 1.29 is 64.0 Å². The van der Waals surface area contributed by atoms with E-state index in [1.54, 1.807) is 60.6 Å². The number of hydrogen-bond acceptors (Lipinski definition) is 21. The normalized spacial score (nSPS) is 26.3. The van der Waals surface area contributed by atoms with E-state index < -0.39 is 89.9 Å². The topological polar surface area (TPSA) is 396 Å². The van der Waals surface area contributed by atoms with Gasteiger partial charge in [0.25, 0.3) is 0 Å². The lowest BCUT2D eigenvalue weighted by molar-refractivity contribution is -0.160. The minimum absolute atomic E-state index is 0.0652. The maximum Gasteiger partial charge on any atom is 0.323 e. The Bertz CT molecular complexity index is 2370. The predicted octanol–water partition coefficient (Wildman–Crippen LogP) is -1.10. The first-order valence-electron chi connectivity index (χ1n) is 20.0. The van der Waals surface area contributed by atoms with Gasteiger partial charge in [-0.2, -0.15) is 20.7 Å². The fourth-order valence-electron chi connectivity index (χ4n) is 6.82. The number of hydrogen-bond donors (Lipinski definition) is 9. The number of aromatic nitrogens is 6. The van der Waals surface area contributed by atoms with Gasteiger partial charge in [-0.3, -0.25) is 14.4 Å². The first-order chi connectivity index (χ1) is 29.9. The fourth-order valence-corrected chi connectivity index (χ4v) is 6.82. The second-order valence-electron chi connectivity index (χ2n) is 16.8. The van der Waals surface area contributed by atoms with Gasteiger partial charge in [-0.05, 0) is 56.9 Å². The summed E-state index contributed by atoms with van der Waals surface area (Å²) in [5, 5.41) is 86.5. The van der Waals surface area contributed by atoms with Crippen LogP contribution in [0.25, 0.3) is 11.0 Å². The molecule has 2 saturated heterocycles. The smallest absolute Gasteiger partial charge is 0.323 e. The molecule has 0 bridgehead atoms. The molecule has 64 heavy (non-hydrogen) atoms. The van der Waals surface area contributed by atoms with E-state index in [4.69, 9.17) is 41.3 Å². The molecule has 0 aromatic carbocycles. The van der Waals surface area contributed by atoms with Crippen molar-refractivity contribution in [1.82, 2.24) is 29.2 Å². The number of carboxylic acid groups (broad SMARTS) is 1. The summed E-state index contributed by atoms with van der Waals surface area (Å²) in [5.41, 5.74) is 14.1. The quantitative estimate of drug-likeness (QED) is 0.0806. The first kappa shape index (κ1) is 50.6. The number of anilines is 2. The van der Waals surface area contributed by atoms with Gasteiger partial charge in [0, 0.05) is 0 Å². The van der Waals surface area contributed by atoms with Gasteiger partial charge >= 0.3 is 17.9 Å². The molecule has 10 atom stereocenters. The Hall–Kier alpha value is -6.09. The maximum absolute atomic E-state index is 12.0. The van der Waals surface area contributed by atoms with Crippen molar-refractivity contribution in [3.8, 4) is 12.1 Å². The predicted molar refractivity (Wildman–Crippen MR) is 220 cm³/mol. The van der Waals surface area contributed by atoms with Crippen LogP contribution in [-0.4, -0.2) is 139 Å². The van der Waals surface area contributed by atoms with E-state index in [0.717, 1.165) is 0 Å². The van der Waals surface area contributed by atoms with Gasteiger partial charge in [-0.25, -0.2) is 19.0 Å². The highest BCUT2D eigenvalue weighted by Gasteiger charge is 2.59. The van der Waals surface area contributed by atoms with Crippen molar-refractivity contribution in [3.05, 3.63) is 48.3 Å². The minimum Gasteiger partial charge on any atom is -0.481 e. The number of esters is 2. The van der Waals surface area contributed by atoms with E-state index in [2.05, 4.69) is 20.2 Å². The Morgan fingerprint density at radius 2 is 1.28 bits per heavy atom. The third-order valence-corrected chi connectivity index (χ3v) is 10.5. The number of fused-ring (bicyclic) bond motifs is 2. The molecular weight excluding hydrogens is 843 g/mol. The number of rotatable bonds is 11. The zero-order valence-corrected chi connectivity index (χ0v) is 36.2. The summed E-state index contributed by atoms with van der Waals surface area (Å²) >= 11 is 0. The first-order valence-corrected chi connectivity index (χ1v) is 20.0. The van der Waals surface area contributed by atoms with Crippen LogP contribution in [0, 0.1) is 40.4 Å².